The van der Waals surface area contributed by atoms with Crippen molar-refractivity contribution in [2.75, 3.05) is 4.90 Å². The molecule has 0 spiro atoms. The Morgan fingerprint density at radius 3 is 1.58 bits per heavy atom. The molecule has 2 nitrogen and oxygen atoms in total. The number of hydrogen-bond acceptors (Lipinski definition) is 2. The van der Waals surface area contributed by atoms with Gasteiger partial charge in [0, 0.05) is 53.6 Å². The Morgan fingerprint density at radius 1 is 0.375 bits per heavy atom. The highest BCUT2D eigenvalue weighted by Crippen LogP contribution is 2.59. The Morgan fingerprint density at radius 2 is 0.891 bits per heavy atom. The smallest absolute Gasteiger partial charge is 0.0714 e. The summed E-state index contributed by atoms with van der Waals surface area (Å²) in [5.41, 5.74) is 16.4. The SMILES string of the molecule is c1ccc(C2(c3ccccc3)c3ccccc3-c3c(N(c4ccc(-c5cccc6sc7ccccc7c56)cc4)c4ccc(-n5c6ccccc6c6ccccc65)cc4)cccc32)cc1. The van der Waals surface area contributed by atoms with Crippen LogP contribution in [0.3, 0.4) is 0 Å². The van der Waals surface area contributed by atoms with E-state index in [1.54, 1.807) is 0 Å². The number of para-hydroxylation sites is 2. The molecule has 0 N–H and O–H groups in total. The second-order valence-corrected chi connectivity index (χ2v) is 17.9. The number of hydrogen-bond donors (Lipinski definition) is 0. The van der Waals surface area contributed by atoms with Crippen molar-refractivity contribution >= 4 is 70.4 Å². The molecule has 300 valence electrons. The van der Waals surface area contributed by atoms with Crippen molar-refractivity contribution in [1.29, 1.82) is 0 Å². The van der Waals surface area contributed by atoms with Gasteiger partial charge in [-0.25, -0.2) is 0 Å². The van der Waals surface area contributed by atoms with Gasteiger partial charge in [-0.15, -0.1) is 11.3 Å². The van der Waals surface area contributed by atoms with Crippen LogP contribution in [0.15, 0.2) is 243 Å². The van der Waals surface area contributed by atoms with Gasteiger partial charge >= 0.3 is 0 Å². The molecular weight excluding hydrogens is 793 g/mol. The molecule has 0 atom stereocenters. The van der Waals surface area contributed by atoms with E-state index in [0.29, 0.717) is 0 Å². The molecule has 0 fully saturated rings. The number of rotatable bonds is 7. The predicted octanol–water partition coefficient (Wildman–Crippen LogP) is 16.7. The molecule has 64 heavy (non-hydrogen) atoms. The summed E-state index contributed by atoms with van der Waals surface area (Å²) in [7, 11) is 0. The maximum Gasteiger partial charge on any atom is 0.0714 e. The third kappa shape index (κ3) is 5.38. The van der Waals surface area contributed by atoms with Gasteiger partial charge in [-0.1, -0.05) is 176 Å². The highest BCUT2D eigenvalue weighted by Gasteiger charge is 2.47. The van der Waals surface area contributed by atoms with E-state index in [1.165, 1.54) is 86.5 Å². The summed E-state index contributed by atoms with van der Waals surface area (Å²) in [6.07, 6.45) is 0. The predicted molar refractivity (Wildman–Crippen MR) is 271 cm³/mol. The topological polar surface area (TPSA) is 8.17 Å². The van der Waals surface area contributed by atoms with Crippen LogP contribution in [0.4, 0.5) is 17.1 Å². The average Bonchev–Trinajstić information content (AvgIpc) is 4.02. The van der Waals surface area contributed by atoms with Gasteiger partial charge in [-0.2, -0.15) is 0 Å². The van der Waals surface area contributed by atoms with Gasteiger partial charge in [0.25, 0.3) is 0 Å². The normalized spacial score (nSPS) is 12.8. The van der Waals surface area contributed by atoms with E-state index in [2.05, 4.69) is 252 Å². The third-order valence-corrected chi connectivity index (χ3v) is 14.6. The summed E-state index contributed by atoms with van der Waals surface area (Å²) in [4.78, 5) is 2.47. The first-order chi connectivity index (χ1) is 31.8. The summed E-state index contributed by atoms with van der Waals surface area (Å²) in [6.45, 7) is 0. The number of thiophene rings is 1. The standard InChI is InChI=1S/C61H40N2S/c1-3-17-42(18-4-1)61(43-19-5-2-6-20-43)52-26-11-7-23-50(52)60-53(61)27-16-30-56(60)62(44-35-33-41(34-36-44)47-25-15-32-58-59(47)51-24-10-14-31-57(51)64-58)45-37-39-46(40-38-45)63-54-28-12-8-21-48(54)49-22-9-13-29-55(49)63/h1-40H. The van der Waals surface area contributed by atoms with Crippen LogP contribution in [-0.2, 0) is 5.41 Å². The summed E-state index contributed by atoms with van der Waals surface area (Å²) in [5.74, 6) is 0. The van der Waals surface area contributed by atoms with E-state index in [4.69, 9.17) is 0 Å². The molecule has 0 unspecified atom stereocenters. The lowest BCUT2D eigenvalue weighted by molar-refractivity contribution is 0.768. The molecule has 0 bridgehead atoms. The zero-order valence-electron chi connectivity index (χ0n) is 34.9. The zero-order chi connectivity index (χ0) is 42.2. The Labute approximate surface area is 376 Å². The van der Waals surface area contributed by atoms with Crippen LogP contribution in [-0.4, -0.2) is 4.57 Å². The fourth-order valence-corrected chi connectivity index (χ4v) is 12.0. The number of fused-ring (bicyclic) bond motifs is 9. The number of aromatic nitrogens is 1. The fraction of sp³-hybridized carbons (Fsp3) is 0.0164. The summed E-state index contributed by atoms with van der Waals surface area (Å²) >= 11 is 1.87. The lowest BCUT2D eigenvalue weighted by Gasteiger charge is -2.34. The molecule has 1 aliphatic carbocycles. The van der Waals surface area contributed by atoms with Crippen molar-refractivity contribution in [2.45, 2.75) is 5.41 Å². The maximum absolute atomic E-state index is 2.47. The molecule has 12 aromatic rings. The molecule has 2 aromatic heterocycles. The minimum Gasteiger partial charge on any atom is -0.310 e. The van der Waals surface area contributed by atoms with E-state index in [1.807, 2.05) is 11.3 Å². The first kappa shape index (κ1) is 36.7. The van der Waals surface area contributed by atoms with E-state index in [0.717, 1.165) is 22.7 Å². The lowest BCUT2D eigenvalue weighted by atomic mass is 9.68. The van der Waals surface area contributed by atoms with Crippen LogP contribution in [0, 0.1) is 0 Å². The second-order valence-electron chi connectivity index (χ2n) is 16.8. The quantitative estimate of drug-likeness (QED) is 0.155. The Bertz CT molecular complexity index is 3620. The van der Waals surface area contributed by atoms with Crippen LogP contribution < -0.4 is 4.90 Å². The van der Waals surface area contributed by atoms with Gasteiger partial charge in [0.05, 0.1) is 22.1 Å². The van der Waals surface area contributed by atoms with Gasteiger partial charge in [-0.05, 0) is 106 Å². The van der Waals surface area contributed by atoms with Crippen molar-refractivity contribution < 1.29 is 0 Å². The van der Waals surface area contributed by atoms with Crippen molar-refractivity contribution in [3.05, 3.63) is 265 Å². The molecule has 3 heteroatoms. The van der Waals surface area contributed by atoms with Crippen molar-refractivity contribution in [3.8, 4) is 27.9 Å². The largest absolute Gasteiger partial charge is 0.310 e. The lowest BCUT2D eigenvalue weighted by Crippen LogP contribution is -2.28. The summed E-state index contributed by atoms with van der Waals surface area (Å²) in [5, 5.41) is 5.15. The first-order valence-electron chi connectivity index (χ1n) is 22.0. The fourth-order valence-electron chi connectivity index (χ4n) is 10.8. The van der Waals surface area contributed by atoms with Crippen LogP contribution in [0.5, 0.6) is 0 Å². The van der Waals surface area contributed by atoms with E-state index in [9.17, 15) is 0 Å². The Kier molecular flexibility index (Phi) is 8.34. The Hall–Kier alpha value is -7.98. The molecule has 0 aliphatic heterocycles. The van der Waals surface area contributed by atoms with Crippen molar-refractivity contribution in [3.63, 3.8) is 0 Å². The highest BCUT2D eigenvalue weighted by atomic mass is 32.1. The van der Waals surface area contributed by atoms with Gasteiger partial charge in [0.1, 0.15) is 0 Å². The van der Waals surface area contributed by atoms with Gasteiger partial charge in [-0.3, -0.25) is 0 Å². The maximum atomic E-state index is 2.47. The second kappa shape index (κ2) is 14.6. The molecular formula is C61H40N2S. The molecule has 13 rings (SSSR count). The molecule has 0 saturated heterocycles. The molecule has 1 aliphatic rings. The molecule has 10 aromatic carbocycles. The van der Waals surface area contributed by atoms with E-state index < -0.39 is 5.41 Å². The summed E-state index contributed by atoms with van der Waals surface area (Å²) < 4.78 is 5.02. The van der Waals surface area contributed by atoms with Gasteiger partial charge in [0.2, 0.25) is 0 Å². The van der Waals surface area contributed by atoms with E-state index >= 15 is 0 Å². The van der Waals surface area contributed by atoms with Gasteiger partial charge in [0.15, 0.2) is 0 Å². The zero-order valence-corrected chi connectivity index (χ0v) is 35.7. The molecule has 2 heterocycles. The molecule has 0 saturated carbocycles. The monoisotopic (exact) mass is 832 g/mol. The number of nitrogens with zero attached hydrogens (tertiary/aromatic N) is 2. The minimum atomic E-state index is -0.512. The third-order valence-electron chi connectivity index (χ3n) is 13.5. The van der Waals surface area contributed by atoms with Crippen LogP contribution in [0.1, 0.15) is 22.3 Å². The average molecular weight is 833 g/mol. The first-order valence-corrected chi connectivity index (χ1v) is 22.8. The minimum absolute atomic E-state index is 0.512. The number of anilines is 3. The van der Waals surface area contributed by atoms with Gasteiger partial charge < -0.3 is 9.47 Å². The van der Waals surface area contributed by atoms with Crippen molar-refractivity contribution in [1.82, 2.24) is 4.57 Å². The highest BCUT2D eigenvalue weighted by molar-refractivity contribution is 7.25. The summed E-state index contributed by atoms with van der Waals surface area (Å²) in [6, 6.07) is 89.5. The Balaban J connectivity index is 1.03. The van der Waals surface area contributed by atoms with Crippen LogP contribution in [0.2, 0.25) is 0 Å². The molecule has 0 amide bonds. The van der Waals surface area contributed by atoms with Crippen molar-refractivity contribution in [2.24, 2.45) is 0 Å². The molecule has 0 radical (unpaired) electrons. The number of benzene rings is 10. The van der Waals surface area contributed by atoms with E-state index in [-0.39, 0.29) is 0 Å². The van der Waals surface area contributed by atoms with Crippen LogP contribution in [0.25, 0.3) is 69.9 Å². The van der Waals surface area contributed by atoms with Crippen LogP contribution >= 0.6 is 11.3 Å².